The van der Waals surface area contributed by atoms with Crippen molar-refractivity contribution < 1.29 is 14.2 Å². The van der Waals surface area contributed by atoms with Crippen LogP contribution in [-0.2, 0) is 24.7 Å². The fourth-order valence-electron chi connectivity index (χ4n) is 7.37. The molecule has 3 heteroatoms. The number of ether oxygens (including phenoxy) is 3. The van der Waals surface area contributed by atoms with Gasteiger partial charge >= 0.3 is 0 Å². The van der Waals surface area contributed by atoms with E-state index in [0.717, 1.165) is 36.5 Å². The molecule has 0 spiro atoms. The van der Waals surface area contributed by atoms with Crippen LogP contribution in [0, 0.1) is 19.3 Å². The second kappa shape index (κ2) is 6.06. The van der Waals surface area contributed by atoms with E-state index in [9.17, 15) is 0 Å². The minimum absolute atomic E-state index is 0.0862. The summed E-state index contributed by atoms with van der Waals surface area (Å²) in [5.74, 6) is 2.77. The lowest BCUT2D eigenvalue weighted by molar-refractivity contribution is 0.252. The van der Waals surface area contributed by atoms with Gasteiger partial charge in [0.15, 0.2) is 0 Å². The second-order valence-electron chi connectivity index (χ2n) is 9.51. The Morgan fingerprint density at radius 1 is 0.645 bits per heavy atom. The third-order valence-electron chi connectivity index (χ3n) is 8.11. The Morgan fingerprint density at radius 3 is 1.94 bits per heavy atom. The quantitative estimate of drug-likeness (QED) is 0.583. The molecule has 0 heterocycles. The van der Waals surface area contributed by atoms with Crippen molar-refractivity contribution >= 4 is 0 Å². The van der Waals surface area contributed by atoms with Crippen molar-refractivity contribution in [2.75, 3.05) is 21.3 Å². The van der Waals surface area contributed by atoms with Gasteiger partial charge in [-0.3, -0.25) is 0 Å². The van der Waals surface area contributed by atoms with Crippen LogP contribution in [0.1, 0.15) is 44.5 Å². The molecule has 2 atom stereocenters. The zero-order chi connectivity index (χ0) is 21.5. The van der Waals surface area contributed by atoms with Crippen molar-refractivity contribution in [3.05, 3.63) is 87.0 Å². The Bertz CT molecular complexity index is 1260. The Kier molecular flexibility index (Phi) is 3.68. The van der Waals surface area contributed by atoms with E-state index >= 15 is 0 Å². The highest BCUT2D eigenvalue weighted by Gasteiger charge is 2.69. The summed E-state index contributed by atoms with van der Waals surface area (Å²) in [4.78, 5) is 0. The molecule has 6 rings (SSSR count). The van der Waals surface area contributed by atoms with Gasteiger partial charge in [-0.05, 0) is 90.3 Å². The van der Waals surface area contributed by atoms with Crippen molar-refractivity contribution in [3.63, 3.8) is 0 Å². The fourth-order valence-corrected chi connectivity index (χ4v) is 7.37. The first kappa shape index (κ1) is 18.8. The molecule has 0 amide bonds. The van der Waals surface area contributed by atoms with Gasteiger partial charge in [0, 0.05) is 17.0 Å². The molecule has 0 N–H and O–H groups in total. The van der Waals surface area contributed by atoms with Gasteiger partial charge in [-0.25, -0.2) is 0 Å². The number of aryl methyl sites for hydroxylation is 2. The zero-order valence-electron chi connectivity index (χ0n) is 18.9. The average Bonchev–Trinajstić information content (AvgIpc) is 3.28. The number of hydrogen-bond acceptors (Lipinski definition) is 3. The third-order valence-corrected chi connectivity index (χ3v) is 8.11. The number of rotatable bonds is 3. The first-order valence-electron chi connectivity index (χ1n) is 11.0. The number of methoxy groups -OCH3 is 3. The maximum Gasteiger partial charge on any atom is 0.127 e. The van der Waals surface area contributed by atoms with Crippen LogP contribution in [0.2, 0.25) is 0 Å². The van der Waals surface area contributed by atoms with E-state index in [1.807, 2.05) is 0 Å². The van der Waals surface area contributed by atoms with Crippen molar-refractivity contribution in [1.82, 2.24) is 0 Å². The first-order valence-corrected chi connectivity index (χ1v) is 11.0. The second-order valence-corrected chi connectivity index (χ2v) is 9.51. The van der Waals surface area contributed by atoms with Crippen LogP contribution in [0.5, 0.6) is 17.2 Å². The normalized spacial score (nSPS) is 24.2. The van der Waals surface area contributed by atoms with Crippen molar-refractivity contribution in [3.8, 4) is 17.2 Å². The maximum atomic E-state index is 6.06. The maximum absolute atomic E-state index is 6.06. The minimum atomic E-state index is -0.188. The summed E-state index contributed by atoms with van der Waals surface area (Å²) in [7, 11) is 5.29. The molecule has 31 heavy (non-hydrogen) atoms. The smallest absolute Gasteiger partial charge is 0.127 e. The van der Waals surface area contributed by atoms with Crippen molar-refractivity contribution in [1.29, 1.82) is 0 Å². The molecule has 0 aromatic heterocycles. The van der Waals surface area contributed by atoms with Gasteiger partial charge in [0.25, 0.3) is 0 Å². The van der Waals surface area contributed by atoms with Crippen molar-refractivity contribution in [2.24, 2.45) is 5.41 Å². The summed E-state index contributed by atoms with van der Waals surface area (Å²) >= 11 is 0. The van der Waals surface area contributed by atoms with E-state index in [0.29, 0.717) is 0 Å². The van der Waals surface area contributed by atoms with Crippen LogP contribution >= 0.6 is 0 Å². The summed E-state index contributed by atoms with van der Waals surface area (Å²) in [6.07, 6.45) is 3.16. The molecule has 0 saturated carbocycles. The molecule has 3 aliphatic rings. The molecule has 0 aliphatic heterocycles. The Balaban J connectivity index is 1.80. The predicted molar refractivity (Wildman–Crippen MR) is 122 cm³/mol. The number of hydrogen-bond donors (Lipinski definition) is 0. The van der Waals surface area contributed by atoms with E-state index in [4.69, 9.17) is 14.2 Å². The molecule has 3 nitrogen and oxygen atoms in total. The molecule has 0 bridgehead atoms. The molecular weight excluding hydrogens is 384 g/mol. The van der Waals surface area contributed by atoms with Gasteiger partial charge in [0.05, 0.1) is 26.7 Å². The molecule has 3 aliphatic carbocycles. The molecule has 0 fully saturated rings. The van der Waals surface area contributed by atoms with Gasteiger partial charge < -0.3 is 14.2 Å². The standard InChI is InChI=1S/C28H28O3/c1-16-7-6-8-18-13-27-14-19-10-21(29-3)9-17(2)25(19)28(27,24(16)18)26-20(15-27)11-22(30-4)12-23(26)31-5/h6-12H,13-15H2,1-5H3. The Labute approximate surface area is 184 Å². The van der Waals surface area contributed by atoms with Gasteiger partial charge in [0.2, 0.25) is 0 Å². The summed E-state index contributed by atoms with van der Waals surface area (Å²) < 4.78 is 17.4. The number of fused-ring (bicyclic) bond motifs is 3. The fraction of sp³-hybridized carbons (Fsp3) is 0.357. The average molecular weight is 413 g/mol. The summed E-state index contributed by atoms with van der Waals surface area (Å²) in [5.41, 5.74) is 11.1. The molecular formula is C28H28O3. The molecule has 3 aromatic rings. The monoisotopic (exact) mass is 412 g/mol. The summed E-state index contributed by atoms with van der Waals surface area (Å²) in [5, 5.41) is 0. The largest absolute Gasteiger partial charge is 0.497 e. The van der Waals surface area contributed by atoms with E-state index < -0.39 is 0 Å². The van der Waals surface area contributed by atoms with Gasteiger partial charge in [0.1, 0.15) is 17.2 Å². The van der Waals surface area contributed by atoms with Gasteiger partial charge in [-0.1, -0.05) is 18.2 Å². The third kappa shape index (κ3) is 2.05. The topological polar surface area (TPSA) is 27.7 Å². The highest BCUT2D eigenvalue weighted by Crippen LogP contribution is 2.73. The van der Waals surface area contributed by atoms with E-state index in [1.54, 1.807) is 21.3 Å². The van der Waals surface area contributed by atoms with Crippen LogP contribution in [-0.4, -0.2) is 21.3 Å². The molecule has 3 aromatic carbocycles. The highest BCUT2D eigenvalue weighted by molar-refractivity contribution is 5.76. The first-order chi connectivity index (χ1) is 15.0. The molecule has 158 valence electrons. The zero-order valence-corrected chi connectivity index (χ0v) is 18.9. The van der Waals surface area contributed by atoms with Gasteiger partial charge in [-0.15, -0.1) is 0 Å². The number of benzene rings is 3. The molecule has 2 unspecified atom stereocenters. The minimum Gasteiger partial charge on any atom is -0.497 e. The Hall–Kier alpha value is -2.94. The molecule has 0 saturated heterocycles. The summed E-state index contributed by atoms with van der Waals surface area (Å²) in [6, 6.07) is 15.6. The Morgan fingerprint density at radius 2 is 1.26 bits per heavy atom. The summed E-state index contributed by atoms with van der Waals surface area (Å²) in [6.45, 7) is 4.52. The van der Waals surface area contributed by atoms with E-state index in [1.165, 1.54) is 44.5 Å². The van der Waals surface area contributed by atoms with Crippen molar-refractivity contribution in [2.45, 2.75) is 38.5 Å². The van der Waals surface area contributed by atoms with Crippen LogP contribution in [0.15, 0.2) is 42.5 Å². The van der Waals surface area contributed by atoms with E-state index in [-0.39, 0.29) is 10.8 Å². The van der Waals surface area contributed by atoms with E-state index in [2.05, 4.69) is 56.3 Å². The lowest BCUT2D eigenvalue weighted by Crippen LogP contribution is -2.39. The van der Waals surface area contributed by atoms with Crippen LogP contribution in [0.25, 0.3) is 0 Å². The predicted octanol–water partition coefficient (Wildman–Crippen LogP) is 5.32. The van der Waals surface area contributed by atoms with Crippen LogP contribution < -0.4 is 14.2 Å². The lowest BCUT2D eigenvalue weighted by atomic mass is 9.62. The highest BCUT2D eigenvalue weighted by atomic mass is 16.5. The van der Waals surface area contributed by atoms with Gasteiger partial charge in [-0.2, -0.15) is 0 Å². The van der Waals surface area contributed by atoms with Crippen LogP contribution in [0.4, 0.5) is 0 Å². The molecule has 0 radical (unpaired) electrons. The lowest BCUT2D eigenvalue weighted by Gasteiger charge is -2.39. The SMILES string of the molecule is COc1cc(C)c2c(c1)CC13Cc4cccc(C)c4C21c1c(cc(OC)cc1OC)C3. The van der Waals surface area contributed by atoms with Crippen LogP contribution in [0.3, 0.4) is 0 Å².